The number of aryl methyl sites for hydroxylation is 1. The molecule has 0 spiro atoms. The first-order valence-electron chi connectivity index (χ1n) is 9.89. The topological polar surface area (TPSA) is 75.0 Å². The Balaban J connectivity index is 1.67. The lowest BCUT2D eigenvalue weighted by Crippen LogP contribution is -2.48. The SMILES string of the molecule is CCn1ccc(C(=O)N2C[C@@H](CN3C[C@@H](C)O[C@@H](C)C3)[C@@H](CO)C2)cc1=O. The molecule has 0 bridgehead atoms. The van der Waals surface area contributed by atoms with E-state index in [1.54, 1.807) is 21.7 Å². The lowest BCUT2D eigenvalue weighted by atomic mass is 9.96. The zero-order valence-electron chi connectivity index (χ0n) is 16.5. The number of ether oxygens (including phenoxy) is 1. The van der Waals surface area contributed by atoms with E-state index in [1.807, 2.05) is 6.92 Å². The predicted octanol–water partition coefficient (Wildman–Crippen LogP) is 0.658. The molecule has 3 heterocycles. The number of aromatic nitrogens is 1. The number of aliphatic hydroxyl groups excluding tert-OH is 1. The lowest BCUT2D eigenvalue weighted by molar-refractivity contribution is -0.0726. The van der Waals surface area contributed by atoms with Crippen molar-refractivity contribution in [2.24, 2.45) is 11.8 Å². The van der Waals surface area contributed by atoms with Gasteiger partial charge in [-0.05, 0) is 32.8 Å². The fourth-order valence-corrected chi connectivity index (χ4v) is 4.37. The van der Waals surface area contributed by atoms with Crippen molar-refractivity contribution in [3.8, 4) is 0 Å². The fourth-order valence-electron chi connectivity index (χ4n) is 4.37. The summed E-state index contributed by atoms with van der Waals surface area (Å²) in [5, 5.41) is 9.82. The molecule has 1 aromatic rings. The molecule has 0 saturated carbocycles. The highest BCUT2D eigenvalue weighted by Crippen LogP contribution is 2.26. The third kappa shape index (κ3) is 4.59. The Hall–Kier alpha value is -1.70. The highest BCUT2D eigenvalue weighted by Gasteiger charge is 2.37. The molecule has 1 N–H and O–H groups in total. The Morgan fingerprint density at radius 2 is 1.85 bits per heavy atom. The van der Waals surface area contributed by atoms with Crippen molar-refractivity contribution in [1.82, 2.24) is 14.4 Å². The normalized spacial score (nSPS) is 29.3. The van der Waals surface area contributed by atoms with Gasteiger partial charge >= 0.3 is 0 Å². The minimum atomic E-state index is -0.158. The standard InChI is InChI=1S/C20H31N3O4/c1-4-22-6-5-16(7-19(22)25)20(26)23-11-17(18(12-23)13-24)10-21-8-14(2)27-15(3)9-21/h5-7,14-15,17-18,24H,4,8-13H2,1-3H3/t14-,15+,17-,18-/m1/s1. The van der Waals surface area contributed by atoms with Crippen molar-refractivity contribution >= 4 is 5.91 Å². The third-order valence-electron chi connectivity index (χ3n) is 5.67. The van der Waals surface area contributed by atoms with E-state index in [-0.39, 0.29) is 42.1 Å². The molecule has 3 rings (SSSR count). The van der Waals surface area contributed by atoms with E-state index in [4.69, 9.17) is 4.74 Å². The van der Waals surface area contributed by atoms with Gasteiger partial charge in [0.05, 0.1) is 12.2 Å². The van der Waals surface area contributed by atoms with Crippen LogP contribution >= 0.6 is 0 Å². The van der Waals surface area contributed by atoms with Crippen LogP contribution < -0.4 is 5.56 Å². The molecular formula is C20H31N3O4. The molecular weight excluding hydrogens is 346 g/mol. The molecule has 7 nitrogen and oxygen atoms in total. The quantitative estimate of drug-likeness (QED) is 0.816. The maximum absolute atomic E-state index is 12.9. The summed E-state index contributed by atoms with van der Waals surface area (Å²) in [5.41, 5.74) is 0.268. The zero-order chi connectivity index (χ0) is 19.6. The van der Waals surface area contributed by atoms with Gasteiger partial charge in [-0.2, -0.15) is 0 Å². The van der Waals surface area contributed by atoms with Crippen LogP contribution in [0.5, 0.6) is 0 Å². The van der Waals surface area contributed by atoms with Crippen LogP contribution in [0, 0.1) is 11.8 Å². The Labute approximate surface area is 160 Å². The number of likely N-dealkylation sites (tertiary alicyclic amines) is 1. The summed E-state index contributed by atoms with van der Waals surface area (Å²) in [5.74, 6) is 0.172. The second-order valence-corrected chi connectivity index (χ2v) is 7.93. The molecule has 0 aromatic carbocycles. The number of rotatable bonds is 5. The monoisotopic (exact) mass is 377 g/mol. The molecule has 2 saturated heterocycles. The number of nitrogens with zero attached hydrogens (tertiary/aromatic N) is 3. The molecule has 150 valence electrons. The summed E-state index contributed by atoms with van der Waals surface area (Å²) in [6.45, 7) is 10.5. The van der Waals surface area contributed by atoms with Crippen LogP contribution in [-0.4, -0.2) is 76.9 Å². The van der Waals surface area contributed by atoms with E-state index in [9.17, 15) is 14.7 Å². The smallest absolute Gasteiger partial charge is 0.254 e. The lowest BCUT2D eigenvalue weighted by Gasteiger charge is -2.37. The van der Waals surface area contributed by atoms with Gasteiger partial charge in [0, 0.05) is 69.6 Å². The highest BCUT2D eigenvalue weighted by atomic mass is 16.5. The van der Waals surface area contributed by atoms with Crippen molar-refractivity contribution in [1.29, 1.82) is 0 Å². The Kier molecular flexibility index (Phi) is 6.34. The number of hydrogen-bond acceptors (Lipinski definition) is 5. The highest BCUT2D eigenvalue weighted by molar-refractivity contribution is 5.94. The molecule has 2 aliphatic heterocycles. The molecule has 2 fully saturated rings. The van der Waals surface area contributed by atoms with Crippen molar-refractivity contribution in [2.75, 3.05) is 39.3 Å². The number of pyridine rings is 1. The van der Waals surface area contributed by atoms with E-state index in [2.05, 4.69) is 18.7 Å². The maximum atomic E-state index is 12.9. The number of carbonyl (C=O) groups is 1. The van der Waals surface area contributed by atoms with Gasteiger partial charge in [-0.1, -0.05) is 0 Å². The minimum absolute atomic E-state index is 0.0680. The summed E-state index contributed by atoms with van der Waals surface area (Å²) in [4.78, 5) is 29.1. The Morgan fingerprint density at radius 3 is 2.44 bits per heavy atom. The number of aliphatic hydroxyl groups is 1. The van der Waals surface area contributed by atoms with Crippen molar-refractivity contribution < 1.29 is 14.6 Å². The summed E-state index contributed by atoms with van der Waals surface area (Å²) in [6.07, 6.45) is 2.07. The van der Waals surface area contributed by atoms with Gasteiger partial charge in [-0.3, -0.25) is 14.5 Å². The first-order valence-corrected chi connectivity index (χ1v) is 9.89. The number of carbonyl (C=O) groups excluding carboxylic acids is 1. The molecule has 2 aliphatic rings. The second kappa shape index (κ2) is 8.54. The van der Waals surface area contributed by atoms with E-state index < -0.39 is 0 Å². The molecule has 7 heteroatoms. The molecule has 1 aromatic heterocycles. The molecule has 27 heavy (non-hydrogen) atoms. The van der Waals surface area contributed by atoms with E-state index in [0.29, 0.717) is 25.2 Å². The average Bonchev–Trinajstić information content (AvgIpc) is 3.03. The summed E-state index contributed by atoms with van der Waals surface area (Å²) < 4.78 is 7.36. The van der Waals surface area contributed by atoms with Gasteiger partial charge in [0.15, 0.2) is 0 Å². The van der Waals surface area contributed by atoms with Crippen LogP contribution in [-0.2, 0) is 11.3 Å². The number of morpholine rings is 1. The van der Waals surface area contributed by atoms with Crippen LogP contribution in [0.15, 0.2) is 23.1 Å². The predicted molar refractivity (Wildman–Crippen MR) is 103 cm³/mol. The minimum Gasteiger partial charge on any atom is -0.396 e. The molecule has 0 aliphatic carbocycles. The van der Waals surface area contributed by atoms with Crippen LogP contribution in [0.4, 0.5) is 0 Å². The largest absolute Gasteiger partial charge is 0.396 e. The zero-order valence-corrected chi connectivity index (χ0v) is 16.5. The van der Waals surface area contributed by atoms with E-state index >= 15 is 0 Å². The van der Waals surface area contributed by atoms with Gasteiger partial charge in [0.2, 0.25) is 0 Å². The first kappa shape index (κ1) is 20.0. The summed E-state index contributed by atoms with van der Waals surface area (Å²) >= 11 is 0. The van der Waals surface area contributed by atoms with Crippen LogP contribution in [0.1, 0.15) is 31.1 Å². The maximum Gasteiger partial charge on any atom is 0.254 e. The first-order chi connectivity index (χ1) is 12.9. The molecule has 1 amide bonds. The van der Waals surface area contributed by atoms with Gasteiger partial charge in [-0.15, -0.1) is 0 Å². The van der Waals surface area contributed by atoms with Gasteiger partial charge in [0.25, 0.3) is 11.5 Å². The molecule has 0 unspecified atom stereocenters. The van der Waals surface area contributed by atoms with Gasteiger partial charge in [0.1, 0.15) is 0 Å². The van der Waals surface area contributed by atoms with Crippen molar-refractivity contribution in [3.63, 3.8) is 0 Å². The van der Waals surface area contributed by atoms with E-state index in [0.717, 1.165) is 19.6 Å². The van der Waals surface area contributed by atoms with Crippen LogP contribution in [0.2, 0.25) is 0 Å². The summed E-state index contributed by atoms with van der Waals surface area (Å²) in [7, 11) is 0. The van der Waals surface area contributed by atoms with E-state index in [1.165, 1.54) is 6.07 Å². The third-order valence-corrected chi connectivity index (χ3v) is 5.67. The second-order valence-electron chi connectivity index (χ2n) is 7.93. The van der Waals surface area contributed by atoms with Gasteiger partial charge in [-0.25, -0.2) is 0 Å². The average molecular weight is 377 g/mol. The fraction of sp³-hybridized carbons (Fsp3) is 0.700. The van der Waals surface area contributed by atoms with Crippen molar-refractivity contribution in [3.05, 3.63) is 34.2 Å². The van der Waals surface area contributed by atoms with Crippen LogP contribution in [0.25, 0.3) is 0 Å². The molecule has 0 radical (unpaired) electrons. The number of hydrogen-bond donors (Lipinski definition) is 1. The summed E-state index contributed by atoms with van der Waals surface area (Å²) in [6, 6.07) is 3.12. The Morgan fingerprint density at radius 1 is 1.19 bits per heavy atom. The van der Waals surface area contributed by atoms with Crippen LogP contribution in [0.3, 0.4) is 0 Å². The van der Waals surface area contributed by atoms with Gasteiger partial charge < -0.3 is 19.3 Å². The number of amides is 1. The van der Waals surface area contributed by atoms with Crippen molar-refractivity contribution in [2.45, 2.75) is 39.5 Å². The Bertz CT molecular complexity index is 709. The molecule has 4 atom stereocenters.